The van der Waals surface area contributed by atoms with Crippen molar-refractivity contribution in [3.8, 4) is 0 Å². The summed E-state index contributed by atoms with van der Waals surface area (Å²) in [6.45, 7) is 2.25. The zero-order valence-electron chi connectivity index (χ0n) is 21.3. The molecule has 196 valence electrons. The topological polar surface area (TPSA) is 95.9 Å². The molecule has 2 amide bonds. The lowest BCUT2D eigenvalue weighted by molar-refractivity contribution is -0.153. The van der Waals surface area contributed by atoms with E-state index in [9.17, 15) is 19.5 Å². The number of carbonyl (C=O) groups excluding carboxylic acids is 3. The maximum atomic E-state index is 13.4. The van der Waals surface area contributed by atoms with E-state index >= 15 is 0 Å². The summed E-state index contributed by atoms with van der Waals surface area (Å²) >= 11 is 0. The van der Waals surface area contributed by atoms with E-state index in [1.54, 1.807) is 11.8 Å². The third kappa shape index (κ3) is 7.07. The van der Waals surface area contributed by atoms with Gasteiger partial charge in [0.25, 0.3) is 0 Å². The van der Waals surface area contributed by atoms with Crippen LogP contribution in [0.2, 0.25) is 0 Å². The monoisotopic (exact) mass is 504 g/mol. The van der Waals surface area contributed by atoms with E-state index in [1.165, 1.54) is 0 Å². The molecule has 2 heterocycles. The fourth-order valence-corrected chi connectivity index (χ4v) is 5.06. The minimum Gasteiger partial charge on any atom is -0.461 e. The van der Waals surface area contributed by atoms with Crippen LogP contribution in [0.5, 0.6) is 0 Å². The van der Waals surface area contributed by atoms with Crippen molar-refractivity contribution in [3.63, 3.8) is 0 Å². The Bertz CT molecular complexity index is 1120. The van der Waals surface area contributed by atoms with Crippen molar-refractivity contribution in [3.05, 3.63) is 83.4 Å². The molecule has 2 aromatic carbocycles. The summed E-state index contributed by atoms with van der Waals surface area (Å²) in [7, 11) is 0. The molecule has 2 N–H and O–H groups in total. The van der Waals surface area contributed by atoms with Crippen LogP contribution in [0.15, 0.2) is 66.7 Å². The SMILES string of the molecule is C[C@H]1CNC(=O)[C@@H](CC(=O)N2Cc3ccccc3C[C@H]2CO)CC=CC[C@@H](Cc2ccccc2)C(=O)O1. The highest BCUT2D eigenvalue weighted by atomic mass is 16.5. The molecule has 7 heteroatoms. The largest absolute Gasteiger partial charge is 0.461 e. The number of hydrogen-bond acceptors (Lipinski definition) is 5. The van der Waals surface area contributed by atoms with Gasteiger partial charge >= 0.3 is 5.97 Å². The number of fused-ring (bicyclic) bond motifs is 1. The standard InChI is InChI=1S/C30H36N2O5/c1-21-18-31-29(35)24(12-6-7-13-25(30(36)37-21)15-22-9-3-2-4-10-22)17-28(34)32-19-26-14-8-5-11-23(26)16-27(32)20-33/h2-11,14,21,24-25,27,33H,12-13,15-20H2,1H3,(H,31,35)/t21-,24+,25-,27-/m0/s1. The van der Waals surface area contributed by atoms with Crippen LogP contribution in [-0.2, 0) is 38.5 Å². The van der Waals surface area contributed by atoms with Crippen LogP contribution in [0.4, 0.5) is 0 Å². The lowest BCUT2D eigenvalue weighted by Gasteiger charge is -2.36. The fourth-order valence-electron chi connectivity index (χ4n) is 5.06. The number of aliphatic hydroxyl groups is 1. The molecule has 2 aliphatic heterocycles. The summed E-state index contributed by atoms with van der Waals surface area (Å²) in [4.78, 5) is 40.9. The van der Waals surface area contributed by atoms with Crippen LogP contribution in [0.3, 0.4) is 0 Å². The number of nitrogens with one attached hydrogen (secondary N) is 1. The van der Waals surface area contributed by atoms with Crippen LogP contribution >= 0.6 is 0 Å². The molecule has 0 saturated heterocycles. The highest BCUT2D eigenvalue weighted by molar-refractivity contribution is 5.86. The summed E-state index contributed by atoms with van der Waals surface area (Å²) in [6.07, 6.45) is 5.45. The third-order valence-corrected chi connectivity index (χ3v) is 7.23. The zero-order valence-corrected chi connectivity index (χ0v) is 21.3. The molecule has 0 bridgehead atoms. The molecule has 0 aliphatic carbocycles. The van der Waals surface area contributed by atoms with Gasteiger partial charge < -0.3 is 20.1 Å². The van der Waals surface area contributed by atoms with Crippen LogP contribution in [-0.4, -0.2) is 53.1 Å². The van der Waals surface area contributed by atoms with E-state index < -0.39 is 12.0 Å². The Morgan fingerprint density at radius 3 is 2.41 bits per heavy atom. The van der Waals surface area contributed by atoms with Crippen molar-refractivity contribution in [1.82, 2.24) is 10.2 Å². The van der Waals surface area contributed by atoms with E-state index in [4.69, 9.17) is 4.74 Å². The molecule has 2 aliphatic rings. The first kappa shape index (κ1) is 26.6. The molecule has 37 heavy (non-hydrogen) atoms. The Hall–Kier alpha value is -3.45. The number of aliphatic hydroxyl groups excluding tert-OH is 1. The molecule has 0 aromatic heterocycles. The van der Waals surface area contributed by atoms with Gasteiger partial charge in [-0.25, -0.2) is 0 Å². The summed E-state index contributed by atoms with van der Waals surface area (Å²) in [5, 5.41) is 12.8. The first-order valence-electron chi connectivity index (χ1n) is 13.1. The van der Waals surface area contributed by atoms with Crippen molar-refractivity contribution in [1.29, 1.82) is 0 Å². The van der Waals surface area contributed by atoms with Crippen molar-refractivity contribution < 1.29 is 24.2 Å². The van der Waals surface area contributed by atoms with Gasteiger partial charge in [-0.1, -0.05) is 66.7 Å². The summed E-state index contributed by atoms with van der Waals surface area (Å²) < 4.78 is 5.64. The molecule has 7 nitrogen and oxygen atoms in total. The molecular weight excluding hydrogens is 468 g/mol. The lowest BCUT2D eigenvalue weighted by atomic mass is 9.92. The van der Waals surface area contributed by atoms with Gasteiger partial charge in [0, 0.05) is 13.0 Å². The van der Waals surface area contributed by atoms with E-state index in [0.717, 1.165) is 16.7 Å². The quantitative estimate of drug-likeness (QED) is 0.482. The van der Waals surface area contributed by atoms with Gasteiger partial charge in [-0.05, 0) is 49.3 Å². The smallest absolute Gasteiger partial charge is 0.309 e. The molecule has 2 aromatic rings. The van der Waals surface area contributed by atoms with E-state index in [2.05, 4.69) is 5.32 Å². The van der Waals surface area contributed by atoms with Gasteiger partial charge in [-0.15, -0.1) is 0 Å². The second kappa shape index (κ2) is 12.7. The van der Waals surface area contributed by atoms with E-state index in [1.807, 2.05) is 66.7 Å². The Labute approximate surface area is 218 Å². The molecule has 0 unspecified atom stereocenters. The molecule has 0 fully saturated rings. The molecule has 0 radical (unpaired) electrons. The van der Waals surface area contributed by atoms with Crippen molar-refractivity contribution in [2.24, 2.45) is 11.8 Å². The van der Waals surface area contributed by atoms with Crippen molar-refractivity contribution in [2.45, 2.75) is 57.7 Å². The van der Waals surface area contributed by atoms with Crippen LogP contribution in [0, 0.1) is 11.8 Å². The van der Waals surface area contributed by atoms with Gasteiger partial charge in [0.05, 0.1) is 31.0 Å². The van der Waals surface area contributed by atoms with Gasteiger partial charge in [-0.3, -0.25) is 14.4 Å². The normalized spacial score (nSPS) is 24.8. The fraction of sp³-hybridized carbons (Fsp3) is 0.433. The number of nitrogens with zero attached hydrogens (tertiary/aromatic N) is 1. The maximum Gasteiger partial charge on any atom is 0.309 e. The first-order valence-corrected chi connectivity index (χ1v) is 13.1. The lowest BCUT2D eigenvalue weighted by Crippen LogP contribution is -2.47. The number of allylic oxidation sites excluding steroid dienone is 2. The number of esters is 1. The highest BCUT2D eigenvalue weighted by Crippen LogP contribution is 2.26. The van der Waals surface area contributed by atoms with Crippen molar-refractivity contribution in [2.75, 3.05) is 13.2 Å². The average Bonchev–Trinajstić information content (AvgIpc) is 2.91. The van der Waals surface area contributed by atoms with Gasteiger partial charge in [0.15, 0.2) is 0 Å². The number of amides is 2. The molecule has 4 atom stereocenters. The maximum absolute atomic E-state index is 13.4. The van der Waals surface area contributed by atoms with Crippen LogP contribution in [0.1, 0.15) is 42.9 Å². The summed E-state index contributed by atoms with van der Waals surface area (Å²) in [5.41, 5.74) is 3.28. The molecule has 0 spiro atoms. The first-order chi connectivity index (χ1) is 17.9. The number of ether oxygens (including phenoxy) is 1. The Morgan fingerprint density at radius 1 is 1.00 bits per heavy atom. The van der Waals surface area contributed by atoms with Gasteiger partial charge in [0.1, 0.15) is 6.10 Å². The predicted molar refractivity (Wildman–Crippen MR) is 140 cm³/mol. The predicted octanol–water partition coefficient (Wildman–Crippen LogP) is 3.20. The Morgan fingerprint density at radius 2 is 1.68 bits per heavy atom. The number of carbonyl (C=O) groups is 3. The van der Waals surface area contributed by atoms with Gasteiger partial charge in [0.2, 0.25) is 11.8 Å². The summed E-state index contributed by atoms with van der Waals surface area (Å²) in [6, 6.07) is 17.5. The minimum absolute atomic E-state index is 0.0520. The molecule has 4 rings (SSSR count). The second-order valence-electron chi connectivity index (χ2n) is 10.1. The third-order valence-electron chi connectivity index (χ3n) is 7.23. The Balaban J connectivity index is 1.45. The van der Waals surface area contributed by atoms with Crippen LogP contribution in [0.25, 0.3) is 0 Å². The zero-order chi connectivity index (χ0) is 26.2. The number of cyclic esters (lactones) is 1. The number of hydrogen-bond donors (Lipinski definition) is 2. The number of rotatable bonds is 5. The highest BCUT2D eigenvalue weighted by Gasteiger charge is 2.32. The number of benzene rings is 2. The van der Waals surface area contributed by atoms with Crippen LogP contribution < -0.4 is 5.32 Å². The van der Waals surface area contributed by atoms with E-state index in [-0.39, 0.29) is 49.3 Å². The average molecular weight is 505 g/mol. The Kier molecular flexibility index (Phi) is 9.12. The van der Waals surface area contributed by atoms with Crippen molar-refractivity contribution >= 4 is 17.8 Å². The summed E-state index contributed by atoms with van der Waals surface area (Å²) in [5.74, 6) is -1.52. The molecular formula is C30H36N2O5. The minimum atomic E-state index is -0.546. The van der Waals surface area contributed by atoms with Gasteiger partial charge in [-0.2, -0.15) is 0 Å². The molecule has 0 saturated carbocycles. The second-order valence-corrected chi connectivity index (χ2v) is 10.1. The van der Waals surface area contributed by atoms with E-state index in [0.29, 0.717) is 32.2 Å².